The van der Waals surface area contributed by atoms with Crippen LogP contribution in [0.2, 0.25) is 0 Å². The van der Waals surface area contributed by atoms with Gasteiger partial charge in [0.15, 0.2) is 0 Å². The molecule has 0 aliphatic carbocycles. The minimum absolute atomic E-state index is 0.239. The highest BCUT2D eigenvalue weighted by molar-refractivity contribution is 9.10. The van der Waals surface area contributed by atoms with Crippen molar-refractivity contribution in [3.8, 4) is 0 Å². The maximum Gasteiger partial charge on any atom is 0.0832 e. The monoisotopic (exact) mass is 382 g/mol. The Morgan fingerprint density at radius 3 is 2.43 bits per heavy atom. The van der Waals surface area contributed by atoms with Gasteiger partial charge in [-0.1, -0.05) is 52.3 Å². The number of anilines is 1. The molecule has 0 amide bonds. The van der Waals surface area contributed by atoms with Gasteiger partial charge in [0, 0.05) is 10.9 Å². The molecule has 0 fully saturated rings. The Bertz CT molecular complexity index is 810. The maximum atomic E-state index is 4.93. The molecule has 114 valence electrons. The average Bonchev–Trinajstić information content (AvgIpc) is 3.26. The average molecular weight is 383 g/mol. The van der Waals surface area contributed by atoms with Crippen molar-refractivity contribution in [3.63, 3.8) is 0 Å². The zero-order valence-corrected chi connectivity index (χ0v) is 14.8. The molecule has 4 heteroatoms. The first kappa shape index (κ1) is 14.7. The lowest BCUT2D eigenvalue weighted by molar-refractivity contribution is 0.709. The summed E-state index contributed by atoms with van der Waals surface area (Å²) in [7, 11) is 0. The Morgan fingerprint density at radius 1 is 0.957 bits per heavy atom. The smallest absolute Gasteiger partial charge is 0.0832 e. The van der Waals surface area contributed by atoms with Gasteiger partial charge in [-0.2, -0.15) is 5.10 Å². The molecule has 4 rings (SSSR count). The van der Waals surface area contributed by atoms with E-state index in [0.29, 0.717) is 0 Å². The minimum atomic E-state index is 0.239. The fourth-order valence-electron chi connectivity index (χ4n) is 2.87. The first-order valence-corrected chi connectivity index (χ1v) is 9.19. The van der Waals surface area contributed by atoms with Crippen LogP contribution < -0.4 is 5.01 Å². The summed E-state index contributed by atoms with van der Waals surface area (Å²) in [4.78, 5) is 1.26. The van der Waals surface area contributed by atoms with E-state index in [-0.39, 0.29) is 6.04 Å². The van der Waals surface area contributed by atoms with Crippen molar-refractivity contribution in [1.29, 1.82) is 0 Å². The summed E-state index contributed by atoms with van der Waals surface area (Å²) < 4.78 is 1.10. The highest BCUT2D eigenvalue weighted by Gasteiger charge is 2.30. The van der Waals surface area contributed by atoms with Gasteiger partial charge in [0.1, 0.15) is 0 Å². The van der Waals surface area contributed by atoms with Gasteiger partial charge in [-0.3, -0.25) is 5.01 Å². The molecular weight excluding hydrogens is 368 g/mol. The summed E-state index contributed by atoms with van der Waals surface area (Å²) in [6.07, 6.45) is 0.928. The molecule has 1 aromatic heterocycles. The van der Waals surface area contributed by atoms with E-state index in [1.165, 1.54) is 10.4 Å². The molecule has 0 spiro atoms. The largest absolute Gasteiger partial charge is 0.257 e. The summed E-state index contributed by atoms with van der Waals surface area (Å²) in [6.45, 7) is 0. The van der Waals surface area contributed by atoms with Crippen molar-refractivity contribution in [2.75, 3.05) is 5.01 Å². The molecule has 0 bridgehead atoms. The molecular formula is C19H15BrN2S. The van der Waals surface area contributed by atoms with E-state index in [2.05, 4.69) is 87.0 Å². The quantitative estimate of drug-likeness (QED) is 0.553. The predicted molar refractivity (Wildman–Crippen MR) is 101 cm³/mol. The normalized spacial score (nSPS) is 17.3. The van der Waals surface area contributed by atoms with Gasteiger partial charge in [-0.15, -0.1) is 11.3 Å². The molecule has 0 saturated heterocycles. The van der Waals surface area contributed by atoms with Crippen LogP contribution in [-0.4, -0.2) is 5.71 Å². The van der Waals surface area contributed by atoms with Gasteiger partial charge in [0.25, 0.3) is 0 Å². The van der Waals surface area contributed by atoms with E-state index in [4.69, 9.17) is 5.10 Å². The Morgan fingerprint density at radius 2 is 1.74 bits per heavy atom. The van der Waals surface area contributed by atoms with Crippen molar-refractivity contribution < 1.29 is 0 Å². The zero-order valence-electron chi connectivity index (χ0n) is 12.4. The van der Waals surface area contributed by atoms with Crippen LogP contribution in [0.1, 0.15) is 22.9 Å². The Balaban J connectivity index is 1.74. The summed E-state index contributed by atoms with van der Waals surface area (Å²) >= 11 is 5.27. The van der Waals surface area contributed by atoms with Crippen LogP contribution in [0.3, 0.4) is 0 Å². The molecule has 0 N–H and O–H groups in total. The third kappa shape index (κ3) is 2.96. The Hall–Kier alpha value is -1.91. The summed E-state index contributed by atoms with van der Waals surface area (Å²) in [5, 5.41) is 9.19. The molecule has 23 heavy (non-hydrogen) atoms. The third-order valence-electron chi connectivity index (χ3n) is 3.99. The molecule has 0 radical (unpaired) electrons. The van der Waals surface area contributed by atoms with Crippen LogP contribution in [0.15, 0.2) is 81.7 Å². The molecule has 1 aliphatic heterocycles. The van der Waals surface area contributed by atoms with Crippen molar-refractivity contribution >= 4 is 38.7 Å². The standard InChI is InChI=1S/C19H15BrN2S/c20-15-10-8-14(9-11-15)18-13-17(19-7-4-12-23-19)21-22(18)16-5-2-1-3-6-16/h1-12,18H,13H2/t18-/m0/s1. The number of para-hydroxylation sites is 1. The second-order valence-corrected chi connectivity index (χ2v) is 7.34. The molecule has 3 aromatic rings. The lowest BCUT2D eigenvalue weighted by Gasteiger charge is -2.24. The number of thiophene rings is 1. The highest BCUT2D eigenvalue weighted by Crippen LogP contribution is 2.37. The van der Waals surface area contributed by atoms with Crippen LogP contribution in [0.4, 0.5) is 5.69 Å². The van der Waals surface area contributed by atoms with Crippen molar-refractivity contribution in [2.45, 2.75) is 12.5 Å². The van der Waals surface area contributed by atoms with E-state index < -0.39 is 0 Å². The number of hydrazone groups is 1. The second-order valence-electron chi connectivity index (χ2n) is 5.48. The van der Waals surface area contributed by atoms with E-state index >= 15 is 0 Å². The van der Waals surface area contributed by atoms with Crippen molar-refractivity contribution in [1.82, 2.24) is 0 Å². The molecule has 2 aromatic carbocycles. The SMILES string of the molecule is Brc1ccc([C@@H]2CC(c3cccs3)=NN2c2ccccc2)cc1. The van der Waals surface area contributed by atoms with Crippen molar-refractivity contribution in [3.05, 3.63) is 87.0 Å². The van der Waals surface area contributed by atoms with Crippen LogP contribution in [0, 0.1) is 0 Å². The van der Waals surface area contributed by atoms with Crippen molar-refractivity contribution in [2.24, 2.45) is 5.10 Å². The van der Waals surface area contributed by atoms with E-state index in [1.807, 2.05) is 6.07 Å². The van der Waals surface area contributed by atoms with Gasteiger partial charge < -0.3 is 0 Å². The second kappa shape index (κ2) is 6.30. The Kier molecular flexibility index (Phi) is 4.02. The maximum absolute atomic E-state index is 4.93. The van der Waals surface area contributed by atoms with E-state index in [0.717, 1.165) is 22.3 Å². The predicted octanol–water partition coefficient (Wildman–Crippen LogP) is 5.87. The topological polar surface area (TPSA) is 15.6 Å². The number of hydrogen-bond acceptors (Lipinski definition) is 3. The number of hydrogen-bond donors (Lipinski definition) is 0. The molecule has 1 atom stereocenters. The highest BCUT2D eigenvalue weighted by atomic mass is 79.9. The van der Waals surface area contributed by atoms with Gasteiger partial charge in [-0.25, -0.2) is 0 Å². The lowest BCUT2D eigenvalue weighted by Crippen LogP contribution is -2.18. The molecule has 1 aliphatic rings. The van der Waals surface area contributed by atoms with Crippen LogP contribution in [-0.2, 0) is 0 Å². The number of rotatable bonds is 3. The lowest BCUT2D eigenvalue weighted by atomic mass is 10.0. The molecule has 2 heterocycles. The van der Waals surface area contributed by atoms with Crippen LogP contribution >= 0.6 is 27.3 Å². The van der Waals surface area contributed by atoms with Gasteiger partial charge >= 0.3 is 0 Å². The van der Waals surface area contributed by atoms with Gasteiger partial charge in [-0.05, 0) is 41.3 Å². The first-order chi connectivity index (χ1) is 11.3. The third-order valence-corrected chi connectivity index (χ3v) is 5.44. The summed E-state index contributed by atoms with van der Waals surface area (Å²) in [5.74, 6) is 0. The molecule has 2 nitrogen and oxygen atoms in total. The van der Waals surface area contributed by atoms with Gasteiger partial charge in [0.2, 0.25) is 0 Å². The van der Waals surface area contributed by atoms with Crippen LogP contribution in [0.5, 0.6) is 0 Å². The number of benzene rings is 2. The van der Waals surface area contributed by atoms with E-state index in [9.17, 15) is 0 Å². The fraction of sp³-hybridized carbons (Fsp3) is 0.105. The molecule has 0 unspecified atom stereocenters. The number of halogens is 1. The fourth-order valence-corrected chi connectivity index (χ4v) is 3.85. The number of nitrogens with zero attached hydrogens (tertiary/aromatic N) is 2. The zero-order chi connectivity index (χ0) is 15.6. The van der Waals surface area contributed by atoms with Gasteiger partial charge in [0.05, 0.1) is 22.3 Å². The van der Waals surface area contributed by atoms with Crippen LogP contribution in [0.25, 0.3) is 0 Å². The Labute approximate surface area is 148 Å². The first-order valence-electron chi connectivity index (χ1n) is 7.52. The van der Waals surface area contributed by atoms with E-state index in [1.54, 1.807) is 11.3 Å². The summed E-state index contributed by atoms with van der Waals surface area (Å²) in [6, 6.07) is 23.4. The minimum Gasteiger partial charge on any atom is -0.257 e. The molecule has 0 saturated carbocycles. The summed E-state index contributed by atoms with van der Waals surface area (Å²) in [5.41, 5.74) is 3.58.